The van der Waals surface area contributed by atoms with Crippen molar-refractivity contribution in [1.82, 2.24) is 34.3 Å². The first-order valence-corrected chi connectivity index (χ1v) is 15.0. The normalized spacial score (nSPS) is 17.1. The van der Waals surface area contributed by atoms with Crippen LogP contribution in [0.25, 0.3) is 28.1 Å². The fourth-order valence-electron chi connectivity index (χ4n) is 5.60. The zero-order valence-corrected chi connectivity index (χ0v) is 25.7. The lowest BCUT2D eigenvalue weighted by molar-refractivity contribution is -0.119. The van der Waals surface area contributed by atoms with Crippen LogP contribution in [0.15, 0.2) is 66.0 Å². The maximum Gasteiger partial charge on any atom is 0.251 e. The molecule has 0 saturated heterocycles. The number of carbonyl (C=O) groups excluding carboxylic acids is 1. The summed E-state index contributed by atoms with van der Waals surface area (Å²) in [4.78, 5) is 31.5. The van der Waals surface area contributed by atoms with Crippen LogP contribution in [0, 0.1) is 11.7 Å². The number of hydrogen-bond donors (Lipinski definition) is 1. The van der Waals surface area contributed by atoms with Gasteiger partial charge in [-0.25, -0.2) is 9.07 Å². The lowest BCUT2D eigenvalue weighted by atomic mass is 9.96. The SMILES string of the molecule is CC1CCCC(n2cc(F)c(-c3cc(Cl)ccc3-n3cc(Cl)nn3)cc2=O)c2cc(ccn2)-c2c(cnn2C(C)C)NC1=O. The number of nitrogens with zero attached hydrogens (tertiary/aromatic N) is 7. The zero-order valence-electron chi connectivity index (χ0n) is 24.2. The van der Waals surface area contributed by atoms with Gasteiger partial charge in [0.1, 0.15) is 5.82 Å². The fraction of sp³-hybridized carbons (Fsp3) is 0.290. The molecule has 2 unspecified atom stereocenters. The third-order valence-electron chi connectivity index (χ3n) is 7.83. The molecule has 1 aromatic carbocycles. The Hall–Kier alpha value is -4.35. The molecule has 1 aliphatic rings. The second kappa shape index (κ2) is 12.0. The van der Waals surface area contributed by atoms with Gasteiger partial charge in [-0.15, -0.1) is 5.10 Å². The van der Waals surface area contributed by atoms with Gasteiger partial charge in [-0.05, 0) is 57.0 Å². The van der Waals surface area contributed by atoms with Gasteiger partial charge < -0.3 is 9.88 Å². The van der Waals surface area contributed by atoms with Gasteiger partial charge in [0.15, 0.2) is 5.15 Å². The summed E-state index contributed by atoms with van der Waals surface area (Å²) in [5.74, 6) is -1.03. The Kier molecular flexibility index (Phi) is 8.08. The van der Waals surface area contributed by atoms with Crippen molar-refractivity contribution in [2.75, 3.05) is 5.32 Å². The Morgan fingerprint density at radius 1 is 1.05 bits per heavy atom. The van der Waals surface area contributed by atoms with Gasteiger partial charge in [0.25, 0.3) is 5.56 Å². The van der Waals surface area contributed by atoms with Crippen molar-refractivity contribution in [2.24, 2.45) is 5.92 Å². The van der Waals surface area contributed by atoms with Crippen LogP contribution in [-0.4, -0.2) is 40.2 Å². The van der Waals surface area contributed by atoms with Gasteiger partial charge in [-0.2, -0.15) is 5.10 Å². The summed E-state index contributed by atoms with van der Waals surface area (Å²) in [7, 11) is 0. The van der Waals surface area contributed by atoms with Gasteiger partial charge >= 0.3 is 0 Å². The van der Waals surface area contributed by atoms with E-state index in [0.29, 0.717) is 46.9 Å². The van der Waals surface area contributed by atoms with E-state index in [9.17, 15) is 9.59 Å². The summed E-state index contributed by atoms with van der Waals surface area (Å²) in [6, 6.07) is 9.26. The fourth-order valence-corrected chi connectivity index (χ4v) is 5.90. The molecular weight excluding hydrogens is 606 g/mol. The van der Waals surface area contributed by atoms with Gasteiger partial charge in [0.05, 0.1) is 41.2 Å². The van der Waals surface area contributed by atoms with E-state index in [0.717, 1.165) is 11.3 Å². The Morgan fingerprint density at radius 3 is 2.61 bits per heavy atom. The molecule has 0 radical (unpaired) electrons. The van der Waals surface area contributed by atoms with Gasteiger partial charge in [0.2, 0.25) is 5.91 Å². The molecule has 5 heterocycles. The number of benzene rings is 1. The number of amides is 1. The molecule has 226 valence electrons. The minimum atomic E-state index is -0.630. The topological polar surface area (TPSA) is 113 Å². The Bertz CT molecular complexity index is 1930. The van der Waals surface area contributed by atoms with Crippen LogP contribution in [-0.2, 0) is 4.79 Å². The van der Waals surface area contributed by atoms with Crippen molar-refractivity contribution in [3.63, 3.8) is 0 Å². The van der Waals surface area contributed by atoms with Crippen molar-refractivity contribution in [3.05, 3.63) is 93.2 Å². The predicted molar refractivity (Wildman–Crippen MR) is 167 cm³/mol. The van der Waals surface area contributed by atoms with Gasteiger partial charge in [-0.1, -0.05) is 41.8 Å². The Morgan fingerprint density at radius 2 is 1.86 bits per heavy atom. The summed E-state index contributed by atoms with van der Waals surface area (Å²) in [5, 5.41) is 15.9. The first-order valence-electron chi connectivity index (χ1n) is 14.2. The van der Waals surface area contributed by atoms with Crippen LogP contribution in [0.1, 0.15) is 57.8 Å². The molecule has 44 heavy (non-hydrogen) atoms. The standard InChI is InChI=1S/C31H29Cl2FN8O2/c1-17(2)42-30-19-9-10-35-24(11-19)27(6-4-5-18(3)31(44)37-25(30)14-36-42)40-15-23(34)21(13-29(40)43)22-12-20(32)7-8-26(22)41-16-28(33)38-39-41/h7-18,27H,4-6H2,1-3H3,(H,37,44). The third kappa shape index (κ3) is 5.65. The molecule has 0 aliphatic carbocycles. The summed E-state index contributed by atoms with van der Waals surface area (Å²) >= 11 is 12.3. The average molecular weight is 636 g/mol. The van der Waals surface area contributed by atoms with Crippen LogP contribution in [0.5, 0.6) is 0 Å². The van der Waals surface area contributed by atoms with Crippen LogP contribution < -0.4 is 10.9 Å². The molecule has 2 bridgehead atoms. The number of carbonyl (C=O) groups is 1. The quantitative estimate of drug-likeness (QED) is 0.235. The predicted octanol–water partition coefficient (Wildman–Crippen LogP) is 6.73. The maximum atomic E-state index is 16.1. The second-order valence-corrected chi connectivity index (χ2v) is 12.0. The molecule has 6 rings (SSSR count). The van der Waals surface area contributed by atoms with Gasteiger partial charge in [0, 0.05) is 52.1 Å². The first-order chi connectivity index (χ1) is 21.1. The molecule has 1 amide bonds. The van der Waals surface area contributed by atoms with Crippen molar-refractivity contribution >= 4 is 34.8 Å². The first kappa shape index (κ1) is 29.7. The molecule has 13 heteroatoms. The lowest BCUT2D eigenvalue weighted by Gasteiger charge is -2.23. The van der Waals surface area contributed by atoms with Crippen LogP contribution in [0.4, 0.5) is 10.1 Å². The van der Waals surface area contributed by atoms with Crippen molar-refractivity contribution < 1.29 is 9.18 Å². The Labute approximate surface area is 262 Å². The molecule has 2 atom stereocenters. The van der Waals surface area contributed by atoms with E-state index in [1.165, 1.54) is 27.7 Å². The van der Waals surface area contributed by atoms with Crippen LogP contribution in [0.3, 0.4) is 0 Å². The number of anilines is 1. The number of pyridine rings is 2. The van der Waals surface area contributed by atoms with E-state index < -0.39 is 17.4 Å². The number of fused-ring (bicyclic) bond motifs is 4. The highest BCUT2D eigenvalue weighted by atomic mass is 35.5. The Balaban J connectivity index is 1.48. The molecule has 4 aromatic heterocycles. The van der Waals surface area contributed by atoms with Gasteiger partial charge in [-0.3, -0.25) is 19.3 Å². The van der Waals surface area contributed by atoms with E-state index in [-0.39, 0.29) is 28.6 Å². The van der Waals surface area contributed by atoms with E-state index >= 15 is 4.39 Å². The van der Waals surface area contributed by atoms with Crippen molar-refractivity contribution in [1.29, 1.82) is 0 Å². The molecule has 5 aromatic rings. The smallest absolute Gasteiger partial charge is 0.251 e. The highest BCUT2D eigenvalue weighted by Crippen LogP contribution is 2.35. The number of rotatable bonds is 4. The number of aromatic nitrogens is 7. The largest absolute Gasteiger partial charge is 0.323 e. The summed E-state index contributed by atoms with van der Waals surface area (Å²) < 4.78 is 20.7. The third-order valence-corrected chi connectivity index (χ3v) is 8.24. The van der Waals surface area contributed by atoms with Crippen LogP contribution in [0.2, 0.25) is 10.2 Å². The van der Waals surface area contributed by atoms with E-state index in [4.69, 9.17) is 23.2 Å². The number of halogens is 3. The number of hydrogen-bond acceptors (Lipinski definition) is 6. The minimum Gasteiger partial charge on any atom is -0.323 e. The second-order valence-electron chi connectivity index (χ2n) is 11.2. The maximum absolute atomic E-state index is 16.1. The average Bonchev–Trinajstić information content (AvgIpc) is 3.62. The lowest BCUT2D eigenvalue weighted by Crippen LogP contribution is -2.27. The van der Waals surface area contributed by atoms with Crippen molar-refractivity contribution in [2.45, 2.75) is 52.1 Å². The van der Waals surface area contributed by atoms with E-state index in [1.54, 1.807) is 30.6 Å². The van der Waals surface area contributed by atoms with Crippen LogP contribution >= 0.6 is 23.2 Å². The highest BCUT2D eigenvalue weighted by Gasteiger charge is 2.26. The molecule has 0 fully saturated rings. The molecule has 0 spiro atoms. The number of nitrogens with one attached hydrogen (secondary N) is 1. The van der Waals surface area contributed by atoms with E-state index in [1.807, 2.05) is 37.6 Å². The van der Waals surface area contributed by atoms with Crippen molar-refractivity contribution in [3.8, 4) is 28.1 Å². The summed E-state index contributed by atoms with van der Waals surface area (Å²) in [6.07, 6.45) is 7.63. The van der Waals surface area contributed by atoms with E-state index in [2.05, 4.69) is 25.7 Å². The molecule has 0 saturated carbocycles. The molecule has 10 nitrogen and oxygen atoms in total. The minimum absolute atomic E-state index is 0.0163. The summed E-state index contributed by atoms with van der Waals surface area (Å²) in [5.41, 5.74) is 3.15. The molecule has 1 aliphatic heterocycles. The highest BCUT2D eigenvalue weighted by molar-refractivity contribution is 6.31. The molecular formula is C31H29Cl2FN8O2. The molecule has 1 N–H and O–H groups in total. The zero-order chi connectivity index (χ0) is 31.1. The monoisotopic (exact) mass is 634 g/mol. The summed E-state index contributed by atoms with van der Waals surface area (Å²) in [6.45, 7) is 5.88.